The number of halogens is 2. The van der Waals surface area contributed by atoms with Crippen molar-refractivity contribution >= 4 is 33.9 Å². The summed E-state index contributed by atoms with van der Waals surface area (Å²) < 4.78 is 46.2. The number of carbonyl (C=O) groups excluding carboxylic acids is 1. The number of hydrogen-bond donors (Lipinski definition) is 3. The molecule has 0 spiro atoms. The monoisotopic (exact) mass is 876 g/mol. The van der Waals surface area contributed by atoms with Gasteiger partial charge in [-0.1, -0.05) is 84.9 Å². The molecule has 4 heterocycles. The van der Waals surface area contributed by atoms with Gasteiger partial charge >= 0.3 is 11.9 Å². The highest BCUT2D eigenvalue weighted by Crippen LogP contribution is 2.34. The summed E-state index contributed by atoms with van der Waals surface area (Å²) in [7, 11) is 1.25. The number of fused-ring (bicyclic) bond motifs is 2. The van der Waals surface area contributed by atoms with Crippen LogP contribution in [0.15, 0.2) is 154 Å². The molecule has 6 aromatic carbocycles. The Kier molecular flexibility index (Phi) is 11.9. The Hall–Kier alpha value is -6.96. The van der Waals surface area contributed by atoms with Crippen LogP contribution in [0.2, 0.25) is 0 Å². The van der Waals surface area contributed by atoms with Gasteiger partial charge in [0.2, 0.25) is 0 Å². The lowest BCUT2D eigenvalue weighted by Gasteiger charge is -2.44. The van der Waals surface area contributed by atoms with Crippen LogP contribution >= 0.6 is 0 Å². The van der Waals surface area contributed by atoms with Gasteiger partial charge in [0.1, 0.15) is 34.3 Å². The second-order valence-electron chi connectivity index (χ2n) is 17.1. The summed E-state index contributed by atoms with van der Waals surface area (Å²) in [6.07, 6.45) is 1.63. The highest BCUT2D eigenvalue weighted by Gasteiger charge is 2.49. The highest BCUT2D eigenvalue weighted by atomic mass is 19.1. The minimum atomic E-state index is -1.70. The van der Waals surface area contributed by atoms with Gasteiger partial charge in [0.15, 0.2) is 11.2 Å². The number of benzene rings is 6. The Bertz CT molecular complexity index is 3010. The molecule has 10 nitrogen and oxygen atoms in total. The lowest BCUT2D eigenvalue weighted by molar-refractivity contribution is -0.182. The molecule has 65 heavy (non-hydrogen) atoms. The van der Waals surface area contributed by atoms with E-state index in [1.54, 1.807) is 23.1 Å². The zero-order chi connectivity index (χ0) is 45.3. The SMILES string of the molecule is COC(=O)C1(O)CN(Cc2ccc(-c3cc4cc(Cc5ccccc5)ccc4o3)c(F)c2)C1.O=C(O)C1(O)CN(Cc2ccc(-c3cc4cc(Cc5ccccc5)ccc4o3)c(F)c2)C1. The third-order valence-electron chi connectivity index (χ3n) is 12.0. The summed E-state index contributed by atoms with van der Waals surface area (Å²) in [5, 5.41) is 30.8. The molecule has 2 aromatic heterocycles. The fourth-order valence-corrected chi connectivity index (χ4v) is 8.63. The zero-order valence-corrected chi connectivity index (χ0v) is 35.5. The minimum Gasteiger partial charge on any atom is -0.479 e. The number of aliphatic hydroxyl groups is 2. The van der Waals surface area contributed by atoms with Crippen molar-refractivity contribution in [2.75, 3.05) is 33.3 Å². The molecular weight excluding hydrogens is 831 g/mol. The van der Waals surface area contributed by atoms with E-state index < -0.39 is 29.0 Å². The molecular formula is C53H46F2N2O8. The molecule has 0 atom stereocenters. The van der Waals surface area contributed by atoms with Crippen molar-refractivity contribution in [2.24, 2.45) is 0 Å². The van der Waals surface area contributed by atoms with Crippen molar-refractivity contribution in [1.82, 2.24) is 9.80 Å². The number of esters is 1. The van der Waals surface area contributed by atoms with Crippen LogP contribution < -0.4 is 0 Å². The summed E-state index contributed by atoms with van der Waals surface area (Å²) in [6, 6.07) is 46.1. The zero-order valence-electron chi connectivity index (χ0n) is 35.5. The minimum absolute atomic E-state index is 0.0284. The Morgan fingerprint density at radius 3 is 1.37 bits per heavy atom. The van der Waals surface area contributed by atoms with E-state index in [-0.39, 0.29) is 32.0 Å². The van der Waals surface area contributed by atoms with Gasteiger partial charge in [-0.15, -0.1) is 0 Å². The second kappa shape index (κ2) is 17.9. The lowest BCUT2D eigenvalue weighted by Crippen LogP contribution is -2.65. The van der Waals surface area contributed by atoms with Crippen molar-refractivity contribution in [1.29, 1.82) is 0 Å². The molecule has 8 aromatic rings. The average molecular weight is 877 g/mol. The van der Waals surface area contributed by atoms with Crippen LogP contribution in [0.1, 0.15) is 33.4 Å². The van der Waals surface area contributed by atoms with Crippen LogP contribution in [0.25, 0.3) is 44.6 Å². The van der Waals surface area contributed by atoms with Gasteiger partial charge in [-0.3, -0.25) is 9.80 Å². The molecule has 0 bridgehead atoms. The van der Waals surface area contributed by atoms with E-state index >= 15 is 0 Å². The Labute approximate surface area is 373 Å². The van der Waals surface area contributed by atoms with E-state index in [0.717, 1.165) is 34.7 Å². The maximum Gasteiger partial charge on any atom is 0.340 e. The number of nitrogens with zero attached hydrogens (tertiary/aromatic N) is 2. The summed E-state index contributed by atoms with van der Waals surface area (Å²) in [5.41, 5.74) is 5.25. The van der Waals surface area contributed by atoms with Gasteiger partial charge in [0.05, 0.1) is 18.2 Å². The average Bonchev–Trinajstić information content (AvgIpc) is 3.90. The van der Waals surface area contributed by atoms with Crippen LogP contribution in [0, 0.1) is 11.6 Å². The normalized spacial score (nSPS) is 15.5. The predicted molar refractivity (Wildman–Crippen MR) is 242 cm³/mol. The number of rotatable bonds is 12. The number of ether oxygens (including phenoxy) is 1. The number of carboxylic acids is 1. The number of carbonyl (C=O) groups is 2. The van der Waals surface area contributed by atoms with Crippen molar-refractivity contribution < 1.29 is 47.3 Å². The third kappa shape index (κ3) is 9.48. The summed E-state index contributed by atoms with van der Waals surface area (Å²) in [5.74, 6) is -1.70. The molecule has 12 heteroatoms. The number of likely N-dealkylation sites (tertiary alicyclic amines) is 2. The number of carboxylic acid groups (broad SMARTS) is 1. The van der Waals surface area contributed by atoms with Gasteiger partial charge in [-0.2, -0.15) is 0 Å². The number of methoxy groups -OCH3 is 1. The molecule has 2 aliphatic heterocycles. The van der Waals surface area contributed by atoms with Gasteiger partial charge < -0.3 is 28.9 Å². The summed E-state index contributed by atoms with van der Waals surface area (Å²) in [4.78, 5) is 26.2. The fraction of sp³-hybridized carbons (Fsp3) is 0.208. The van der Waals surface area contributed by atoms with Crippen LogP contribution in [0.5, 0.6) is 0 Å². The van der Waals surface area contributed by atoms with Crippen LogP contribution in [-0.2, 0) is 40.3 Å². The first-order chi connectivity index (χ1) is 31.3. The Morgan fingerprint density at radius 1 is 0.554 bits per heavy atom. The van der Waals surface area contributed by atoms with Crippen LogP contribution in [0.4, 0.5) is 8.78 Å². The van der Waals surface area contributed by atoms with Gasteiger partial charge in [-0.05, 0) is 107 Å². The largest absolute Gasteiger partial charge is 0.479 e. The predicted octanol–water partition coefficient (Wildman–Crippen LogP) is 9.01. The first-order valence-electron chi connectivity index (χ1n) is 21.2. The maximum absolute atomic E-state index is 14.9. The molecule has 0 radical (unpaired) electrons. The molecule has 330 valence electrons. The molecule has 0 aliphatic carbocycles. The highest BCUT2D eigenvalue weighted by molar-refractivity contribution is 5.85. The van der Waals surface area contributed by atoms with Crippen LogP contribution in [0.3, 0.4) is 0 Å². The Morgan fingerprint density at radius 2 is 0.969 bits per heavy atom. The van der Waals surface area contributed by atoms with Gasteiger partial charge in [0, 0.05) is 50.0 Å². The molecule has 3 N–H and O–H groups in total. The molecule has 2 aliphatic rings. The van der Waals surface area contributed by atoms with Crippen molar-refractivity contribution in [2.45, 2.75) is 37.1 Å². The van der Waals surface area contributed by atoms with E-state index in [2.05, 4.69) is 41.1 Å². The topological polar surface area (TPSA) is 137 Å². The van der Waals surface area contributed by atoms with E-state index in [4.69, 9.17) is 13.9 Å². The van der Waals surface area contributed by atoms with Crippen molar-refractivity contribution in [3.05, 3.63) is 191 Å². The molecule has 10 rings (SSSR count). The Balaban J connectivity index is 0.000000164. The first kappa shape index (κ1) is 43.3. The first-order valence-corrected chi connectivity index (χ1v) is 21.2. The van der Waals surface area contributed by atoms with E-state index in [9.17, 15) is 28.6 Å². The van der Waals surface area contributed by atoms with Crippen molar-refractivity contribution in [3.8, 4) is 22.6 Å². The molecule has 0 amide bonds. The van der Waals surface area contributed by atoms with Gasteiger partial charge in [-0.25, -0.2) is 18.4 Å². The number of hydrogen-bond acceptors (Lipinski definition) is 9. The second-order valence-corrected chi connectivity index (χ2v) is 17.1. The van der Waals surface area contributed by atoms with Crippen LogP contribution in [-0.4, -0.2) is 81.5 Å². The molecule has 0 saturated carbocycles. The smallest absolute Gasteiger partial charge is 0.340 e. The fourth-order valence-electron chi connectivity index (χ4n) is 8.63. The molecule has 2 saturated heterocycles. The lowest BCUT2D eigenvalue weighted by atomic mass is 9.93. The van der Waals surface area contributed by atoms with Crippen molar-refractivity contribution in [3.63, 3.8) is 0 Å². The summed E-state index contributed by atoms with van der Waals surface area (Å²) >= 11 is 0. The molecule has 0 unspecified atom stereocenters. The van der Waals surface area contributed by atoms with E-state index in [0.29, 0.717) is 52.5 Å². The summed E-state index contributed by atoms with van der Waals surface area (Å²) in [6.45, 7) is 1.19. The number of β-amino-alcohol motifs (C(OH)–C–C–N with tert-alkyl or cyclic N) is 2. The molecule has 2 fully saturated rings. The quantitative estimate of drug-likeness (QED) is 0.102. The van der Waals surface area contributed by atoms with E-state index in [1.807, 2.05) is 83.8 Å². The van der Waals surface area contributed by atoms with E-state index in [1.165, 1.54) is 35.9 Å². The standard InChI is InChI=1S/C27H24FNO4.C26H22FNO4/c1-32-26(30)27(31)16-29(17-27)15-20-7-9-22(23(28)13-20)25-14-21-12-19(8-10-24(21)33-25)11-18-5-3-2-4-6-18;27-22-12-19(14-28-15-26(31,16-28)25(29)30)6-8-21(22)24-13-20-11-18(7-9-23(20)32-24)10-17-4-2-1-3-5-17/h2-10,12-14,31H,11,15-17H2,1H3;1-9,11-13,31H,10,14-16H2,(H,29,30). The number of furan rings is 2. The third-order valence-corrected chi connectivity index (χ3v) is 12.0. The maximum atomic E-state index is 14.9. The number of aliphatic carboxylic acids is 1. The van der Waals surface area contributed by atoms with Gasteiger partial charge in [0.25, 0.3) is 0 Å².